The van der Waals surface area contributed by atoms with Gasteiger partial charge in [-0.05, 0) is 30.7 Å². The van der Waals surface area contributed by atoms with E-state index in [2.05, 4.69) is 15.5 Å². The number of hydrogen-bond acceptors (Lipinski definition) is 7. The Balaban J connectivity index is 1.87. The summed E-state index contributed by atoms with van der Waals surface area (Å²) < 4.78 is 32.7. The minimum Gasteiger partial charge on any atom is -0.494 e. The quantitative estimate of drug-likeness (QED) is 0.746. The van der Waals surface area contributed by atoms with Crippen LogP contribution in [0.25, 0.3) is 6.08 Å². The molecule has 2 aromatic rings. The molecule has 0 saturated carbocycles. The second kappa shape index (κ2) is 7.73. The van der Waals surface area contributed by atoms with Crippen LogP contribution < -0.4 is 10.1 Å². The second-order valence-electron chi connectivity index (χ2n) is 4.79. The maximum absolute atomic E-state index is 11.7. The fraction of sp³-hybridized carbons (Fsp3) is 0.267. The van der Waals surface area contributed by atoms with Gasteiger partial charge in [-0.25, -0.2) is 8.42 Å². The molecule has 0 aliphatic rings. The second-order valence-corrected chi connectivity index (χ2v) is 6.68. The van der Waals surface area contributed by atoms with Crippen LogP contribution in [0.2, 0.25) is 0 Å². The van der Waals surface area contributed by atoms with Gasteiger partial charge in [-0.15, -0.1) is 5.10 Å². The molecule has 1 amide bonds. The summed E-state index contributed by atoms with van der Waals surface area (Å²) >= 11 is 0. The van der Waals surface area contributed by atoms with Crippen LogP contribution in [0.5, 0.6) is 5.75 Å². The molecule has 1 N–H and O–H groups in total. The Labute approximate surface area is 139 Å². The van der Waals surface area contributed by atoms with Gasteiger partial charge in [0.25, 0.3) is 0 Å². The molecule has 0 atom stereocenters. The molecule has 0 aliphatic carbocycles. The molecule has 1 aromatic carbocycles. The normalized spacial score (nSPS) is 11.6. The SMILES string of the molecule is CCOc1ccc(/C=C/C(=O)NCc2nnc(S(C)(=O)=O)o2)cc1. The van der Waals surface area contributed by atoms with E-state index in [0.717, 1.165) is 17.6 Å². The summed E-state index contributed by atoms with van der Waals surface area (Å²) in [6, 6.07) is 7.27. The summed E-state index contributed by atoms with van der Waals surface area (Å²) in [4.78, 5) is 11.7. The van der Waals surface area contributed by atoms with Crippen molar-refractivity contribution in [2.45, 2.75) is 18.7 Å². The lowest BCUT2D eigenvalue weighted by Crippen LogP contribution is -2.20. The van der Waals surface area contributed by atoms with Gasteiger partial charge in [0.05, 0.1) is 13.2 Å². The van der Waals surface area contributed by atoms with Crippen LogP contribution in [0.1, 0.15) is 18.4 Å². The lowest BCUT2D eigenvalue weighted by Gasteiger charge is -2.02. The van der Waals surface area contributed by atoms with E-state index in [-0.39, 0.29) is 18.3 Å². The van der Waals surface area contributed by atoms with Gasteiger partial charge in [-0.2, -0.15) is 0 Å². The van der Waals surface area contributed by atoms with Gasteiger partial charge in [0.2, 0.25) is 21.6 Å². The van der Waals surface area contributed by atoms with Crippen molar-refractivity contribution < 1.29 is 22.4 Å². The Bertz CT molecular complexity index is 825. The summed E-state index contributed by atoms with van der Waals surface area (Å²) in [6.45, 7) is 2.43. The largest absolute Gasteiger partial charge is 0.494 e. The predicted molar refractivity (Wildman–Crippen MR) is 85.9 cm³/mol. The minimum absolute atomic E-state index is 0.0123. The Morgan fingerprint density at radius 1 is 1.29 bits per heavy atom. The zero-order valence-electron chi connectivity index (χ0n) is 13.2. The highest BCUT2D eigenvalue weighted by Gasteiger charge is 2.16. The molecular formula is C15H17N3O5S. The van der Waals surface area contributed by atoms with E-state index < -0.39 is 15.1 Å². The number of nitrogens with zero attached hydrogens (tertiary/aromatic N) is 2. The molecular weight excluding hydrogens is 334 g/mol. The first-order valence-corrected chi connectivity index (χ1v) is 8.99. The highest BCUT2D eigenvalue weighted by molar-refractivity contribution is 7.90. The number of benzene rings is 1. The fourth-order valence-corrected chi connectivity index (χ4v) is 2.13. The van der Waals surface area contributed by atoms with Gasteiger partial charge in [-0.3, -0.25) is 4.79 Å². The first-order valence-electron chi connectivity index (χ1n) is 7.09. The van der Waals surface area contributed by atoms with Crippen LogP contribution in [-0.2, 0) is 21.2 Å². The average Bonchev–Trinajstić information content (AvgIpc) is 3.02. The monoisotopic (exact) mass is 351 g/mol. The van der Waals surface area contributed by atoms with Crippen molar-refractivity contribution >= 4 is 21.8 Å². The molecule has 0 aliphatic heterocycles. The van der Waals surface area contributed by atoms with Crippen molar-refractivity contribution in [2.24, 2.45) is 0 Å². The topological polar surface area (TPSA) is 111 Å². The van der Waals surface area contributed by atoms with Gasteiger partial charge < -0.3 is 14.5 Å². The number of nitrogens with one attached hydrogen (secondary N) is 1. The van der Waals surface area contributed by atoms with Crippen molar-refractivity contribution in [3.8, 4) is 5.75 Å². The van der Waals surface area contributed by atoms with Crippen molar-refractivity contribution in [2.75, 3.05) is 12.9 Å². The molecule has 0 spiro atoms. The van der Waals surface area contributed by atoms with E-state index >= 15 is 0 Å². The number of carbonyl (C=O) groups excluding carboxylic acids is 1. The third kappa shape index (κ3) is 5.20. The average molecular weight is 351 g/mol. The summed E-state index contributed by atoms with van der Waals surface area (Å²) in [6.07, 6.45) is 3.95. The maximum Gasteiger partial charge on any atom is 0.335 e. The third-order valence-electron chi connectivity index (χ3n) is 2.80. The Hall–Kier alpha value is -2.68. The standard InChI is InChI=1S/C15H17N3O5S/c1-3-22-12-7-4-11(5-8-12)6-9-13(19)16-10-14-17-18-15(23-14)24(2,20)21/h4-9H,3,10H2,1-2H3,(H,16,19)/b9-6+. The van der Waals surface area contributed by atoms with E-state index in [9.17, 15) is 13.2 Å². The molecule has 9 heteroatoms. The fourth-order valence-electron chi connectivity index (χ4n) is 1.69. The van der Waals surface area contributed by atoms with Crippen LogP contribution in [0.4, 0.5) is 0 Å². The Kier molecular flexibility index (Phi) is 5.69. The van der Waals surface area contributed by atoms with Crippen LogP contribution >= 0.6 is 0 Å². The predicted octanol–water partition coefficient (Wildman–Crippen LogP) is 1.20. The van der Waals surface area contributed by atoms with Gasteiger partial charge in [0.15, 0.2) is 0 Å². The summed E-state index contributed by atoms with van der Waals surface area (Å²) in [7, 11) is -3.55. The van der Waals surface area contributed by atoms with Crippen LogP contribution in [-0.4, -0.2) is 37.4 Å². The zero-order valence-corrected chi connectivity index (χ0v) is 14.0. The van der Waals surface area contributed by atoms with E-state index in [1.165, 1.54) is 6.08 Å². The number of aromatic nitrogens is 2. The highest BCUT2D eigenvalue weighted by Crippen LogP contribution is 2.13. The van der Waals surface area contributed by atoms with Gasteiger partial charge in [0.1, 0.15) is 5.75 Å². The van der Waals surface area contributed by atoms with Crippen molar-refractivity contribution in [3.63, 3.8) is 0 Å². The van der Waals surface area contributed by atoms with E-state index in [1.54, 1.807) is 6.08 Å². The summed E-state index contributed by atoms with van der Waals surface area (Å²) in [5, 5.41) is 9.00. The molecule has 0 saturated heterocycles. The molecule has 0 unspecified atom stereocenters. The summed E-state index contributed by atoms with van der Waals surface area (Å²) in [5.41, 5.74) is 0.839. The van der Waals surface area contributed by atoms with Crippen molar-refractivity contribution in [1.82, 2.24) is 15.5 Å². The molecule has 2 rings (SSSR count). The van der Waals surface area contributed by atoms with Crippen molar-refractivity contribution in [1.29, 1.82) is 0 Å². The zero-order chi connectivity index (χ0) is 17.6. The molecule has 128 valence electrons. The number of carbonyl (C=O) groups is 1. The van der Waals surface area contributed by atoms with Crippen molar-refractivity contribution in [3.05, 3.63) is 41.8 Å². The third-order valence-corrected chi connectivity index (χ3v) is 3.60. The van der Waals surface area contributed by atoms with Gasteiger partial charge in [-0.1, -0.05) is 17.2 Å². The Morgan fingerprint density at radius 2 is 2.00 bits per heavy atom. The highest BCUT2D eigenvalue weighted by atomic mass is 32.2. The molecule has 1 heterocycles. The first kappa shape index (κ1) is 17.7. The van der Waals surface area contributed by atoms with Crippen LogP contribution in [0.3, 0.4) is 0 Å². The number of amides is 1. The number of sulfone groups is 1. The molecule has 8 nitrogen and oxygen atoms in total. The smallest absolute Gasteiger partial charge is 0.335 e. The minimum atomic E-state index is -3.55. The van der Waals surface area contributed by atoms with Gasteiger partial charge >= 0.3 is 5.22 Å². The molecule has 24 heavy (non-hydrogen) atoms. The first-order chi connectivity index (χ1) is 11.4. The molecule has 1 aromatic heterocycles. The maximum atomic E-state index is 11.7. The Morgan fingerprint density at radius 3 is 2.58 bits per heavy atom. The molecule has 0 fully saturated rings. The lowest BCUT2D eigenvalue weighted by molar-refractivity contribution is -0.116. The van der Waals surface area contributed by atoms with E-state index in [1.807, 2.05) is 31.2 Å². The molecule has 0 bridgehead atoms. The number of hydrogen-bond donors (Lipinski definition) is 1. The number of rotatable bonds is 7. The van der Waals surface area contributed by atoms with E-state index in [4.69, 9.17) is 9.15 Å². The number of ether oxygens (including phenoxy) is 1. The van der Waals surface area contributed by atoms with Crippen LogP contribution in [0, 0.1) is 0 Å². The summed E-state index contributed by atoms with van der Waals surface area (Å²) in [5.74, 6) is 0.401. The van der Waals surface area contributed by atoms with Crippen LogP contribution in [0.15, 0.2) is 40.0 Å². The van der Waals surface area contributed by atoms with Gasteiger partial charge in [0, 0.05) is 12.3 Å². The molecule has 0 radical (unpaired) electrons. The lowest BCUT2D eigenvalue weighted by atomic mass is 10.2. The van der Waals surface area contributed by atoms with E-state index in [0.29, 0.717) is 6.61 Å².